The summed E-state index contributed by atoms with van der Waals surface area (Å²) in [6.07, 6.45) is 2.18. The molecular formula is C33H39N3O6. The van der Waals surface area contributed by atoms with Gasteiger partial charge in [-0.05, 0) is 69.0 Å². The summed E-state index contributed by atoms with van der Waals surface area (Å²) < 4.78 is 24.8. The summed E-state index contributed by atoms with van der Waals surface area (Å²) in [6.45, 7) is 6.10. The van der Waals surface area contributed by atoms with Crippen LogP contribution in [0.4, 0.5) is 0 Å². The van der Waals surface area contributed by atoms with Crippen molar-refractivity contribution in [1.82, 2.24) is 14.3 Å². The maximum Gasteiger partial charge on any atom is 0.349 e. The van der Waals surface area contributed by atoms with Gasteiger partial charge in [0, 0.05) is 18.1 Å². The van der Waals surface area contributed by atoms with E-state index < -0.39 is 11.6 Å². The maximum atomic E-state index is 13.6. The van der Waals surface area contributed by atoms with E-state index in [-0.39, 0.29) is 5.69 Å². The Bertz CT molecular complexity index is 1550. The van der Waals surface area contributed by atoms with Crippen LogP contribution in [0.1, 0.15) is 48.3 Å². The minimum Gasteiger partial charge on any atom is -0.497 e. The van der Waals surface area contributed by atoms with E-state index in [0.29, 0.717) is 42.6 Å². The molecule has 0 unspecified atom stereocenters. The van der Waals surface area contributed by atoms with Crippen LogP contribution in [0.3, 0.4) is 0 Å². The van der Waals surface area contributed by atoms with Gasteiger partial charge >= 0.3 is 11.7 Å². The molecule has 9 nitrogen and oxygen atoms in total. The van der Waals surface area contributed by atoms with Gasteiger partial charge in [-0.2, -0.15) is 5.10 Å². The van der Waals surface area contributed by atoms with Crippen molar-refractivity contribution < 1.29 is 23.7 Å². The second kappa shape index (κ2) is 13.4. The van der Waals surface area contributed by atoms with Crippen LogP contribution in [-0.2, 0) is 35.5 Å². The molecule has 3 aromatic carbocycles. The zero-order valence-corrected chi connectivity index (χ0v) is 25.2. The molecule has 0 aliphatic carbocycles. The fourth-order valence-electron chi connectivity index (χ4n) is 4.71. The van der Waals surface area contributed by atoms with Crippen molar-refractivity contribution in [3.8, 4) is 17.2 Å². The number of methoxy groups -OCH3 is 3. The van der Waals surface area contributed by atoms with Crippen molar-refractivity contribution in [3.05, 3.63) is 105 Å². The SMILES string of the molecule is COC(=O)C(C)(C)Oc1ccc(CCCc2nn(Cc3ccc(C)cc3)c(=O)n2Cc2ccc(OC)cc2OC)cc1. The van der Waals surface area contributed by atoms with E-state index in [0.717, 1.165) is 35.1 Å². The van der Waals surface area contributed by atoms with Gasteiger partial charge in [0.1, 0.15) is 23.1 Å². The number of rotatable bonds is 13. The Morgan fingerprint density at radius 3 is 2.14 bits per heavy atom. The van der Waals surface area contributed by atoms with Crippen molar-refractivity contribution in [2.24, 2.45) is 0 Å². The Labute approximate surface area is 246 Å². The van der Waals surface area contributed by atoms with Crippen LogP contribution in [0.2, 0.25) is 0 Å². The van der Waals surface area contributed by atoms with Gasteiger partial charge in [0.05, 0.1) is 34.4 Å². The van der Waals surface area contributed by atoms with Crippen LogP contribution in [0.25, 0.3) is 0 Å². The van der Waals surface area contributed by atoms with Crippen molar-refractivity contribution in [1.29, 1.82) is 0 Å². The van der Waals surface area contributed by atoms with Gasteiger partial charge in [-0.25, -0.2) is 14.3 Å². The lowest BCUT2D eigenvalue weighted by Crippen LogP contribution is -2.39. The third-order valence-corrected chi connectivity index (χ3v) is 7.11. The van der Waals surface area contributed by atoms with Crippen molar-refractivity contribution in [3.63, 3.8) is 0 Å². The number of hydrogen-bond donors (Lipinski definition) is 0. The lowest BCUT2D eigenvalue weighted by molar-refractivity contribution is -0.156. The third-order valence-electron chi connectivity index (χ3n) is 7.11. The fraction of sp³-hybridized carbons (Fsp3) is 0.364. The minimum atomic E-state index is -1.08. The Morgan fingerprint density at radius 1 is 0.833 bits per heavy atom. The summed E-state index contributed by atoms with van der Waals surface area (Å²) in [6, 6.07) is 21.4. The molecule has 4 rings (SSSR count). The first-order chi connectivity index (χ1) is 20.1. The molecule has 0 saturated heterocycles. The molecule has 42 heavy (non-hydrogen) atoms. The summed E-state index contributed by atoms with van der Waals surface area (Å²) in [4.78, 5) is 25.5. The molecule has 0 saturated carbocycles. The molecule has 0 bridgehead atoms. The van der Waals surface area contributed by atoms with E-state index in [1.165, 1.54) is 11.8 Å². The van der Waals surface area contributed by atoms with Crippen LogP contribution in [0.15, 0.2) is 71.5 Å². The number of esters is 1. The highest BCUT2D eigenvalue weighted by Crippen LogP contribution is 2.26. The van der Waals surface area contributed by atoms with Gasteiger partial charge in [-0.3, -0.25) is 4.57 Å². The Hall–Kier alpha value is -4.53. The lowest BCUT2D eigenvalue weighted by atomic mass is 10.1. The van der Waals surface area contributed by atoms with Crippen LogP contribution in [-0.4, -0.2) is 47.2 Å². The van der Waals surface area contributed by atoms with E-state index >= 15 is 0 Å². The lowest BCUT2D eigenvalue weighted by Gasteiger charge is -2.23. The van der Waals surface area contributed by atoms with E-state index in [1.807, 2.05) is 73.7 Å². The summed E-state index contributed by atoms with van der Waals surface area (Å²) in [7, 11) is 4.56. The molecule has 0 radical (unpaired) electrons. The zero-order valence-electron chi connectivity index (χ0n) is 25.2. The molecule has 222 valence electrons. The standard InChI is InChI=1S/C33H39N3O6/c1-23-10-12-25(13-11-23)21-36-32(38)35(22-26-16-19-28(39-4)20-29(26)40-5)30(34-36)9-7-8-24-14-17-27(18-15-24)42-33(2,3)31(37)41-6/h10-20H,7-9,21-22H2,1-6H3. The number of ether oxygens (including phenoxy) is 4. The number of aromatic nitrogens is 3. The predicted octanol–water partition coefficient (Wildman–Crippen LogP) is 4.97. The van der Waals surface area contributed by atoms with Crippen LogP contribution in [0, 0.1) is 6.92 Å². The average Bonchev–Trinajstić information content (AvgIpc) is 3.27. The van der Waals surface area contributed by atoms with Crippen LogP contribution >= 0.6 is 0 Å². The fourth-order valence-corrected chi connectivity index (χ4v) is 4.71. The molecule has 0 aliphatic heterocycles. The van der Waals surface area contributed by atoms with Gasteiger partial charge in [0.2, 0.25) is 0 Å². The van der Waals surface area contributed by atoms with Gasteiger partial charge in [0.15, 0.2) is 5.60 Å². The molecule has 0 N–H and O–H groups in total. The van der Waals surface area contributed by atoms with Crippen molar-refractivity contribution in [2.45, 2.75) is 58.7 Å². The Morgan fingerprint density at radius 2 is 1.50 bits per heavy atom. The highest BCUT2D eigenvalue weighted by Gasteiger charge is 2.31. The smallest absolute Gasteiger partial charge is 0.349 e. The summed E-state index contributed by atoms with van der Waals surface area (Å²) in [5.74, 6) is 2.20. The van der Waals surface area contributed by atoms with Gasteiger partial charge in [0.25, 0.3) is 0 Å². The van der Waals surface area contributed by atoms with Gasteiger partial charge in [-0.1, -0.05) is 42.0 Å². The minimum absolute atomic E-state index is 0.168. The summed E-state index contributed by atoms with van der Waals surface area (Å²) >= 11 is 0. The maximum absolute atomic E-state index is 13.6. The molecular weight excluding hydrogens is 534 g/mol. The quantitative estimate of drug-likeness (QED) is 0.209. The van der Waals surface area contributed by atoms with E-state index in [9.17, 15) is 9.59 Å². The molecule has 4 aromatic rings. The van der Waals surface area contributed by atoms with Crippen molar-refractivity contribution >= 4 is 5.97 Å². The molecule has 0 aliphatic rings. The first kappa shape index (κ1) is 30.4. The number of benzene rings is 3. The van der Waals surface area contributed by atoms with E-state index in [4.69, 9.17) is 24.0 Å². The normalized spacial score (nSPS) is 11.3. The predicted molar refractivity (Wildman–Crippen MR) is 161 cm³/mol. The van der Waals surface area contributed by atoms with E-state index in [2.05, 4.69) is 0 Å². The number of carbonyl (C=O) groups is 1. The van der Waals surface area contributed by atoms with Crippen molar-refractivity contribution in [2.75, 3.05) is 21.3 Å². The van der Waals surface area contributed by atoms with Crippen LogP contribution in [0.5, 0.6) is 17.2 Å². The average molecular weight is 574 g/mol. The molecule has 0 spiro atoms. The molecule has 0 fully saturated rings. The second-order valence-electron chi connectivity index (χ2n) is 10.7. The zero-order chi connectivity index (χ0) is 30.3. The number of hydrogen-bond acceptors (Lipinski definition) is 7. The first-order valence-corrected chi connectivity index (χ1v) is 13.9. The molecule has 9 heteroatoms. The Kier molecular flexibility index (Phi) is 9.72. The topological polar surface area (TPSA) is 93.8 Å². The first-order valence-electron chi connectivity index (χ1n) is 13.9. The van der Waals surface area contributed by atoms with E-state index in [1.54, 1.807) is 32.6 Å². The third kappa shape index (κ3) is 7.40. The van der Waals surface area contributed by atoms with Gasteiger partial charge < -0.3 is 18.9 Å². The highest BCUT2D eigenvalue weighted by atomic mass is 16.6. The molecule has 0 amide bonds. The summed E-state index contributed by atoms with van der Waals surface area (Å²) in [5, 5.41) is 4.76. The summed E-state index contributed by atoms with van der Waals surface area (Å²) in [5.41, 5.74) is 2.90. The largest absolute Gasteiger partial charge is 0.497 e. The second-order valence-corrected chi connectivity index (χ2v) is 10.7. The number of nitrogens with zero attached hydrogens (tertiary/aromatic N) is 3. The van der Waals surface area contributed by atoms with Crippen LogP contribution < -0.4 is 19.9 Å². The van der Waals surface area contributed by atoms with Gasteiger partial charge in [-0.15, -0.1) is 0 Å². The Balaban J connectivity index is 1.52. The number of aryl methyl sites for hydroxylation is 3. The monoisotopic (exact) mass is 573 g/mol. The molecule has 1 aromatic heterocycles. The number of carbonyl (C=O) groups excluding carboxylic acids is 1. The molecule has 1 heterocycles. The highest BCUT2D eigenvalue weighted by molar-refractivity contribution is 5.78. The molecule has 0 atom stereocenters.